The molecule has 24 heavy (non-hydrogen) atoms. The van der Waals surface area contributed by atoms with Crippen LogP contribution in [0.1, 0.15) is 15.9 Å². The average Bonchev–Trinajstić information content (AvgIpc) is 3.02. The van der Waals surface area contributed by atoms with Crippen LogP contribution in [0.3, 0.4) is 0 Å². The maximum Gasteiger partial charge on any atom is 0.321 e. The standard InChI is InChI=1S/C11H14N2O3.C5H5NOS/c1-13(2)11(16)12-9-5-3-4-8(6-9)7-10(14)15;6-5(7)4-1-2-8-3-4/h3-6H,7H2,1-2H3,(H,12,16)(H,14,15);1-3H,(H2,6,7). The number of carboxylic acids is 1. The number of primary amides is 1. The number of hydrogen-bond acceptors (Lipinski definition) is 4. The molecule has 2 rings (SSSR count). The number of nitrogens with zero attached hydrogens (tertiary/aromatic N) is 1. The molecule has 0 unspecified atom stereocenters. The lowest BCUT2D eigenvalue weighted by atomic mass is 10.1. The molecule has 1 aromatic heterocycles. The van der Waals surface area contributed by atoms with Gasteiger partial charge in [0.2, 0.25) is 5.91 Å². The van der Waals surface area contributed by atoms with Gasteiger partial charge in [-0.3, -0.25) is 9.59 Å². The van der Waals surface area contributed by atoms with Gasteiger partial charge >= 0.3 is 12.0 Å². The van der Waals surface area contributed by atoms with Gasteiger partial charge in [0.15, 0.2) is 0 Å². The first kappa shape index (κ1) is 19.2. The maximum absolute atomic E-state index is 11.3. The summed E-state index contributed by atoms with van der Waals surface area (Å²) in [4.78, 5) is 33.6. The van der Waals surface area contributed by atoms with E-state index in [1.807, 2.05) is 5.38 Å². The van der Waals surface area contributed by atoms with E-state index in [9.17, 15) is 14.4 Å². The highest BCUT2D eigenvalue weighted by molar-refractivity contribution is 7.08. The van der Waals surface area contributed by atoms with Crippen LogP contribution in [-0.4, -0.2) is 42.0 Å². The minimum Gasteiger partial charge on any atom is -0.481 e. The normalized spacial score (nSPS) is 9.42. The monoisotopic (exact) mass is 349 g/mol. The van der Waals surface area contributed by atoms with E-state index in [2.05, 4.69) is 5.32 Å². The van der Waals surface area contributed by atoms with E-state index in [4.69, 9.17) is 10.8 Å². The van der Waals surface area contributed by atoms with Gasteiger partial charge in [-0.2, -0.15) is 11.3 Å². The largest absolute Gasteiger partial charge is 0.481 e. The number of rotatable bonds is 4. The van der Waals surface area contributed by atoms with Crippen molar-refractivity contribution in [3.8, 4) is 0 Å². The second kappa shape index (κ2) is 9.31. The number of benzene rings is 1. The number of carbonyl (C=O) groups is 3. The minimum absolute atomic E-state index is 0.0499. The third-order valence-corrected chi connectivity index (χ3v) is 3.43. The van der Waals surface area contributed by atoms with Crippen molar-refractivity contribution in [3.63, 3.8) is 0 Å². The molecule has 3 amide bonds. The quantitative estimate of drug-likeness (QED) is 0.785. The number of aliphatic carboxylic acids is 1. The molecule has 0 spiro atoms. The lowest BCUT2D eigenvalue weighted by molar-refractivity contribution is -0.136. The zero-order chi connectivity index (χ0) is 18.1. The van der Waals surface area contributed by atoms with Crippen molar-refractivity contribution in [2.75, 3.05) is 19.4 Å². The maximum atomic E-state index is 11.3. The number of urea groups is 1. The Morgan fingerprint density at radius 2 is 1.96 bits per heavy atom. The van der Waals surface area contributed by atoms with E-state index in [-0.39, 0.29) is 18.4 Å². The number of thiophene rings is 1. The van der Waals surface area contributed by atoms with Crippen LogP contribution >= 0.6 is 11.3 Å². The molecule has 128 valence electrons. The molecule has 4 N–H and O–H groups in total. The van der Waals surface area contributed by atoms with Crippen molar-refractivity contribution in [1.29, 1.82) is 0 Å². The van der Waals surface area contributed by atoms with E-state index >= 15 is 0 Å². The molecule has 0 fully saturated rings. The molecule has 0 aliphatic heterocycles. The van der Waals surface area contributed by atoms with Gasteiger partial charge in [-0.05, 0) is 29.1 Å². The van der Waals surface area contributed by atoms with E-state index in [0.717, 1.165) is 0 Å². The average molecular weight is 349 g/mol. The van der Waals surface area contributed by atoms with E-state index in [1.165, 1.54) is 16.2 Å². The van der Waals surface area contributed by atoms with Crippen molar-refractivity contribution in [2.45, 2.75) is 6.42 Å². The summed E-state index contributed by atoms with van der Waals surface area (Å²) in [6, 6.07) is 8.24. The van der Waals surface area contributed by atoms with Crippen molar-refractivity contribution >= 4 is 34.9 Å². The smallest absolute Gasteiger partial charge is 0.321 e. The van der Waals surface area contributed by atoms with E-state index in [1.54, 1.807) is 49.8 Å². The molecular weight excluding hydrogens is 330 g/mol. The molecule has 0 aliphatic carbocycles. The van der Waals surface area contributed by atoms with Gasteiger partial charge in [0.25, 0.3) is 0 Å². The number of carbonyl (C=O) groups excluding carboxylic acids is 2. The Morgan fingerprint density at radius 1 is 1.25 bits per heavy atom. The Morgan fingerprint density at radius 3 is 2.42 bits per heavy atom. The van der Waals surface area contributed by atoms with E-state index in [0.29, 0.717) is 16.8 Å². The van der Waals surface area contributed by atoms with Crippen molar-refractivity contribution in [2.24, 2.45) is 5.73 Å². The van der Waals surface area contributed by atoms with Crippen LogP contribution in [-0.2, 0) is 11.2 Å². The molecule has 0 atom stereocenters. The Balaban J connectivity index is 0.000000300. The van der Waals surface area contributed by atoms with Gasteiger partial charge in [-0.1, -0.05) is 12.1 Å². The van der Waals surface area contributed by atoms with Gasteiger partial charge < -0.3 is 21.1 Å². The highest BCUT2D eigenvalue weighted by Crippen LogP contribution is 2.11. The van der Waals surface area contributed by atoms with Gasteiger partial charge in [-0.15, -0.1) is 0 Å². The lowest BCUT2D eigenvalue weighted by Gasteiger charge is -2.12. The fraction of sp³-hybridized carbons (Fsp3) is 0.188. The summed E-state index contributed by atoms with van der Waals surface area (Å²) in [6.45, 7) is 0. The Hall–Kier alpha value is -2.87. The molecule has 0 aliphatic rings. The summed E-state index contributed by atoms with van der Waals surface area (Å²) in [5.74, 6) is -1.25. The topological polar surface area (TPSA) is 113 Å². The SMILES string of the molecule is CN(C)C(=O)Nc1cccc(CC(=O)O)c1.NC(=O)c1ccsc1. The molecular formula is C16H19N3O4S. The summed E-state index contributed by atoms with van der Waals surface area (Å²) < 4.78 is 0. The zero-order valence-electron chi connectivity index (χ0n) is 13.4. The Labute approximate surface area is 143 Å². The molecule has 0 saturated carbocycles. The number of carboxylic acid groups (broad SMARTS) is 1. The highest BCUT2D eigenvalue weighted by Gasteiger charge is 2.05. The first-order valence-corrected chi connectivity index (χ1v) is 7.85. The summed E-state index contributed by atoms with van der Waals surface area (Å²) in [5, 5.41) is 14.8. The Bertz CT molecular complexity index is 699. The summed E-state index contributed by atoms with van der Waals surface area (Å²) in [7, 11) is 3.27. The molecule has 0 bridgehead atoms. The van der Waals surface area contributed by atoms with Gasteiger partial charge in [-0.25, -0.2) is 4.79 Å². The second-order valence-corrected chi connectivity index (χ2v) is 5.75. The van der Waals surface area contributed by atoms with Crippen LogP contribution in [0.4, 0.5) is 10.5 Å². The summed E-state index contributed by atoms with van der Waals surface area (Å²) >= 11 is 1.47. The molecule has 2 aromatic rings. The first-order valence-electron chi connectivity index (χ1n) is 6.90. The number of hydrogen-bond donors (Lipinski definition) is 3. The van der Waals surface area contributed by atoms with Crippen LogP contribution in [0, 0.1) is 0 Å². The predicted octanol–water partition coefficient (Wildman–Crippen LogP) is 2.25. The third kappa shape index (κ3) is 6.93. The highest BCUT2D eigenvalue weighted by atomic mass is 32.1. The first-order chi connectivity index (χ1) is 11.3. The minimum atomic E-state index is -0.893. The molecule has 1 heterocycles. The van der Waals surface area contributed by atoms with Crippen LogP contribution in [0.2, 0.25) is 0 Å². The number of amides is 3. The van der Waals surface area contributed by atoms with Crippen LogP contribution in [0.25, 0.3) is 0 Å². The number of nitrogens with two attached hydrogens (primary N) is 1. The zero-order valence-corrected chi connectivity index (χ0v) is 14.2. The number of nitrogens with one attached hydrogen (secondary N) is 1. The Kier molecular flexibility index (Phi) is 7.44. The predicted molar refractivity (Wildman–Crippen MR) is 93.3 cm³/mol. The lowest BCUT2D eigenvalue weighted by Crippen LogP contribution is -2.27. The van der Waals surface area contributed by atoms with Crippen LogP contribution < -0.4 is 11.1 Å². The molecule has 0 radical (unpaired) electrons. The van der Waals surface area contributed by atoms with Crippen LogP contribution in [0.15, 0.2) is 41.1 Å². The second-order valence-electron chi connectivity index (χ2n) is 4.97. The molecule has 7 nitrogen and oxygen atoms in total. The fourth-order valence-corrected chi connectivity index (χ4v) is 2.22. The van der Waals surface area contributed by atoms with Crippen LogP contribution in [0.5, 0.6) is 0 Å². The van der Waals surface area contributed by atoms with Gasteiger partial charge in [0.1, 0.15) is 0 Å². The molecule has 1 aromatic carbocycles. The van der Waals surface area contributed by atoms with Gasteiger partial charge in [0, 0.05) is 30.7 Å². The van der Waals surface area contributed by atoms with Crippen molar-refractivity contribution in [1.82, 2.24) is 4.90 Å². The van der Waals surface area contributed by atoms with Gasteiger partial charge in [0.05, 0.1) is 6.42 Å². The summed E-state index contributed by atoms with van der Waals surface area (Å²) in [6.07, 6.45) is -0.0499. The summed E-state index contributed by atoms with van der Waals surface area (Å²) in [5.41, 5.74) is 6.77. The van der Waals surface area contributed by atoms with E-state index < -0.39 is 5.97 Å². The molecule has 8 heteroatoms. The van der Waals surface area contributed by atoms with Crippen molar-refractivity contribution < 1.29 is 19.5 Å². The van der Waals surface area contributed by atoms with Crippen molar-refractivity contribution in [3.05, 3.63) is 52.2 Å². The fourth-order valence-electron chi connectivity index (χ4n) is 1.57. The third-order valence-electron chi connectivity index (χ3n) is 2.75. The number of anilines is 1. The molecule has 0 saturated heterocycles.